The summed E-state index contributed by atoms with van der Waals surface area (Å²) in [6, 6.07) is 0.358. The zero-order valence-corrected chi connectivity index (χ0v) is 11.9. The molecule has 1 aromatic heterocycles. The summed E-state index contributed by atoms with van der Waals surface area (Å²) >= 11 is 0. The molecule has 2 atom stereocenters. The van der Waals surface area contributed by atoms with Gasteiger partial charge < -0.3 is 10.6 Å². The summed E-state index contributed by atoms with van der Waals surface area (Å²) < 4.78 is 1.81. The van der Waals surface area contributed by atoms with Crippen LogP contribution in [-0.4, -0.2) is 28.3 Å². The lowest BCUT2D eigenvalue weighted by Gasteiger charge is -2.15. The first-order valence-corrected chi connectivity index (χ1v) is 6.47. The van der Waals surface area contributed by atoms with E-state index in [9.17, 15) is 4.79 Å². The Kier molecular flexibility index (Phi) is 5.34. The molecule has 2 N–H and O–H groups in total. The van der Waals surface area contributed by atoms with Crippen molar-refractivity contribution in [2.24, 2.45) is 7.05 Å². The van der Waals surface area contributed by atoms with E-state index in [4.69, 9.17) is 0 Å². The Labute approximate surface area is 109 Å². The van der Waals surface area contributed by atoms with Gasteiger partial charge in [0, 0.05) is 24.3 Å². The van der Waals surface area contributed by atoms with E-state index in [1.54, 1.807) is 0 Å². The van der Waals surface area contributed by atoms with E-state index in [0.717, 1.165) is 17.7 Å². The summed E-state index contributed by atoms with van der Waals surface area (Å²) in [6.45, 7) is 8.51. The van der Waals surface area contributed by atoms with Crippen molar-refractivity contribution in [1.82, 2.24) is 20.4 Å². The van der Waals surface area contributed by atoms with Gasteiger partial charge in [0.25, 0.3) is 0 Å². The molecular formula is C13H24N4O. The topological polar surface area (TPSA) is 59.0 Å². The second-order valence-electron chi connectivity index (χ2n) is 4.79. The predicted octanol–water partition coefficient (Wildman–Crippen LogP) is 1.29. The van der Waals surface area contributed by atoms with Crippen LogP contribution in [0.15, 0.2) is 6.20 Å². The van der Waals surface area contributed by atoms with E-state index in [-0.39, 0.29) is 11.9 Å². The maximum Gasteiger partial charge on any atom is 0.234 e. The Hall–Kier alpha value is -1.36. The van der Waals surface area contributed by atoms with E-state index < -0.39 is 0 Å². The fourth-order valence-corrected chi connectivity index (χ4v) is 1.72. The number of rotatable bonds is 6. The molecular weight excluding hydrogens is 228 g/mol. The molecule has 5 nitrogen and oxygen atoms in total. The highest BCUT2D eigenvalue weighted by Gasteiger charge is 2.14. The molecule has 1 rings (SSSR count). The minimum atomic E-state index is -0.00932. The van der Waals surface area contributed by atoms with Crippen LogP contribution in [-0.2, 0) is 11.8 Å². The first kappa shape index (κ1) is 14.7. The highest BCUT2D eigenvalue weighted by molar-refractivity contribution is 5.78. The van der Waals surface area contributed by atoms with Crippen LogP contribution in [0.1, 0.15) is 44.5 Å². The number of carbonyl (C=O) groups is 1. The molecule has 18 heavy (non-hydrogen) atoms. The van der Waals surface area contributed by atoms with E-state index in [2.05, 4.69) is 29.6 Å². The normalized spacial score (nSPS) is 14.3. The van der Waals surface area contributed by atoms with Crippen molar-refractivity contribution in [2.75, 3.05) is 6.54 Å². The summed E-state index contributed by atoms with van der Waals surface area (Å²) in [7, 11) is 1.90. The third kappa shape index (κ3) is 3.84. The summed E-state index contributed by atoms with van der Waals surface area (Å²) in [6.07, 6.45) is 2.83. The third-order valence-corrected chi connectivity index (χ3v) is 3.34. The summed E-state index contributed by atoms with van der Waals surface area (Å²) in [5, 5.41) is 10.3. The standard InChI is InChI=1S/C13H24N4O/c1-6-9(2)14-8-13(18)16-10(3)12-7-15-17(5)11(12)4/h7,9-10,14H,6,8H2,1-5H3,(H,16,18). The highest BCUT2D eigenvalue weighted by atomic mass is 16.1. The number of aryl methyl sites for hydroxylation is 1. The molecule has 1 aromatic rings. The molecule has 102 valence electrons. The Balaban J connectivity index is 2.47. The van der Waals surface area contributed by atoms with Crippen LogP contribution in [0, 0.1) is 6.92 Å². The Morgan fingerprint density at radius 1 is 1.50 bits per heavy atom. The van der Waals surface area contributed by atoms with Gasteiger partial charge in [-0.05, 0) is 27.2 Å². The summed E-state index contributed by atoms with van der Waals surface area (Å²) in [4.78, 5) is 11.8. The molecule has 0 fully saturated rings. The SMILES string of the molecule is CCC(C)NCC(=O)NC(C)c1cnn(C)c1C. The molecule has 0 spiro atoms. The largest absolute Gasteiger partial charge is 0.348 e. The first-order chi connectivity index (χ1) is 8.45. The Morgan fingerprint density at radius 3 is 2.67 bits per heavy atom. The van der Waals surface area contributed by atoms with Crippen LogP contribution in [0.4, 0.5) is 0 Å². The van der Waals surface area contributed by atoms with Gasteiger partial charge in [-0.25, -0.2) is 0 Å². The third-order valence-electron chi connectivity index (χ3n) is 3.34. The summed E-state index contributed by atoms with van der Waals surface area (Å²) in [5.74, 6) is 0.0195. The van der Waals surface area contributed by atoms with Gasteiger partial charge in [-0.2, -0.15) is 5.10 Å². The second kappa shape index (κ2) is 6.54. The van der Waals surface area contributed by atoms with Crippen molar-refractivity contribution in [3.8, 4) is 0 Å². The van der Waals surface area contributed by atoms with Crippen LogP contribution >= 0.6 is 0 Å². The van der Waals surface area contributed by atoms with Crippen molar-refractivity contribution in [3.05, 3.63) is 17.5 Å². The van der Waals surface area contributed by atoms with Crippen molar-refractivity contribution in [3.63, 3.8) is 0 Å². The zero-order valence-electron chi connectivity index (χ0n) is 11.9. The molecule has 0 bridgehead atoms. The minimum Gasteiger partial charge on any atom is -0.348 e. The average molecular weight is 252 g/mol. The van der Waals surface area contributed by atoms with Gasteiger partial charge in [-0.3, -0.25) is 9.48 Å². The average Bonchev–Trinajstić information content (AvgIpc) is 2.67. The molecule has 0 aliphatic heterocycles. The van der Waals surface area contributed by atoms with Crippen LogP contribution in [0.2, 0.25) is 0 Å². The molecule has 5 heteroatoms. The maximum atomic E-state index is 11.8. The number of hydrogen-bond acceptors (Lipinski definition) is 3. The van der Waals surface area contributed by atoms with Gasteiger partial charge >= 0.3 is 0 Å². The number of amides is 1. The van der Waals surface area contributed by atoms with Gasteiger partial charge in [0.2, 0.25) is 5.91 Å². The summed E-state index contributed by atoms with van der Waals surface area (Å²) in [5.41, 5.74) is 2.15. The minimum absolute atomic E-state index is 0.00932. The van der Waals surface area contributed by atoms with E-state index in [0.29, 0.717) is 12.6 Å². The molecule has 0 radical (unpaired) electrons. The number of carbonyl (C=O) groups excluding carboxylic acids is 1. The predicted molar refractivity (Wildman–Crippen MR) is 72.3 cm³/mol. The number of hydrogen-bond donors (Lipinski definition) is 2. The van der Waals surface area contributed by atoms with Crippen LogP contribution in [0.25, 0.3) is 0 Å². The van der Waals surface area contributed by atoms with Crippen LogP contribution in [0.3, 0.4) is 0 Å². The lowest BCUT2D eigenvalue weighted by Crippen LogP contribution is -2.38. The molecule has 0 saturated heterocycles. The highest BCUT2D eigenvalue weighted by Crippen LogP contribution is 2.15. The lowest BCUT2D eigenvalue weighted by molar-refractivity contribution is -0.121. The fraction of sp³-hybridized carbons (Fsp3) is 0.692. The number of nitrogens with one attached hydrogen (secondary N) is 2. The quantitative estimate of drug-likeness (QED) is 0.802. The zero-order chi connectivity index (χ0) is 13.7. The molecule has 1 heterocycles. The Morgan fingerprint density at radius 2 is 2.17 bits per heavy atom. The van der Waals surface area contributed by atoms with Gasteiger partial charge in [-0.1, -0.05) is 6.92 Å². The van der Waals surface area contributed by atoms with Gasteiger partial charge in [0.1, 0.15) is 0 Å². The lowest BCUT2D eigenvalue weighted by atomic mass is 10.1. The fourth-order valence-electron chi connectivity index (χ4n) is 1.72. The first-order valence-electron chi connectivity index (χ1n) is 6.47. The molecule has 2 unspecified atom stereocenters. The van der Waals surface area contributed by atoms with Crippen molar-refractivity contribution in [1.29, 1.82) is 0 Å². The van der Waals surface area contributed by atoms with E-state index in [1.807, 2.05) is 31.8 Å². The van der Waals surface area contributed by atoms with Crippen molar-refractivity contribution < 1.29 is 4.79 Å². The maximum absolute atomic E-state index is 11.8. The second-order valence-corrected chi connectivity index (χ2v) is 4.79. The molecule has 0 aromatic carbocycles. The molecule has 0 aliphatic carbocycles. The molecule has 1 amide bonds. The van der Waals surface area contributed by atoms with Crippen LogP contribution in [0.5, 0.6) is 0 Å². The van der Waals surface area contributed by atoms with E-state index >= 15 is 0 Å². The molecule has 0 aliphatic rings. The number of nitrogens with zero attached hydrogens (tertiary/aromatic N) is 2. The smallest absolute Gasteiger partial charge is 0.234 e. The Bertz CT molecular complexity index is 400. The van der Waals surface area contributed by atoms with Gasteiger partial charge in [0.05, 0.1) is 18.8 Å². The van der Waals surface area contributed by atoms with Crippen molar-refractivity contribution in [2.45, 2.75) is 46.2 Å². The van der Waals surface area contributed by atoms with Crippen molar-refractivity contribution >= 4 is 5.91 Å². The number of aromatic nitrogens is 2. The van der Waals surface area contributed by atoms with Gasteiger partial charge in [-0.15, -0.1) is 0 Å². The van der Waals surface area contributed by atoms with E-state index in [1.165, 1.54) is 0 Å². The van der Waals surface area contributed by atoms with Crippen LogP contribution < -0.4 is 10.6 Å². The van der Waals surface area contributed by atoms with Gasteiger partial charge in [0.15, 0.2) is 0 Å². The monoisotopic (exact) mass is 252 g/mol. The molecule has 0 saturated carbocycles.